The molecular weight excluding hydrogens is 240 g/mol. The van der Waals surface area contributed by atoms with E-state index in [9.17, 15) is 0 Å². The van der Waals surface area contributed by atoms with Crippen LogP contribution >= 0.6 is 11.8 Å². The molecule has 2 N–H and O–H groups in total. The lowest BCUT2D eigenvalue weighted by Crippen LogP contribution is -2.52. The summed E-state index contributed by atoms with van der Waals surface area (Å²) in [4.78, 5) is 2.61. The van der Waals surface area contributed by atoms with Crippen LogP contribution in [0.2, 0.25) is 0 Å². The minimum atomic E-state index is 0.461. The van der Waals surface area contributed by atoms with E-state index in [1.165, 1.54) is 23.6 Å². The molecule has 0 spiro atoms. The Bertz CT molecular complexity index is 355. The van der Waals surface area contributed by atoms with Gasteiger partial charge in [-0.2, -0.15) is 11.8 Å². The first-order valence-corrected chi connectivity index (χ1v) is 7.98. The lowest BCUT2D eigenvalue weighted by molar-refractivity contribution is 0.147. The molecule has 3 atom stereocenters. The van der Waals surface area contributed by atoms with Gasteiger partial charge in [-0.3, -0.25) is 4.90 Å². The van der Waals surface area contributed by atoms with Crippen molar-refractivity contribution in [2.75, 3.05) is 24.6 Å². The van der Waals surface area contributed by atoms with E-state index < -0.39 is 0 Å². The fraction of sp³-hybridized carbons (Fsp3) is 0.600. The zero-order chi connectivity index (χ0) is 13.0. The molecule has 0 bridgehead atoms. The third-order valence-electron chi connectivity index (χ3n) is 3.99. The minimum absolute atomic E-state index is 0.461. The Hall–Kier alpha value is -0.510. The van der Waals surface area contributed by atoms with E-state index in [0.29, 0.717) is 18.0 Å². The van der Waals surface area contributed by atoms with Crippen molar-refractivity contribution in [2.24, 2.45) is 5.73 Å². The number of benzene rings is 1. The molecule has 1 aromatic rings. The van der Waals surface area contributed by atoms with Gasteiger partial charge >= 0.3 is 0 Å². The second-order valence-corrected chi connectivity index (χ2v) is 6.31. The molecule has 1 fully saturated rings. The first-order chi connectivity index (χ1) is 8.74. The molecule has 3 heteroatoms. The molecule has 3 unspecified atom stereocenters. The molecular formula is C15H24N2S. The Morgan fingerprint density at radius 1 is 1.39 bits per heavy atom. The number of thioether (sulfide) groups is 1. The Kier molecular flexibility index (Phi) is 5.10. The van der Waals surface area contributed by atoms with Crippen LogP contribution in [0.4, 0.5) is 0 Å². The van der Waals surface area contributed by atoms with Crippen LogP contribution in [0.25, 0.3) is 0 Å². The van der Waals surface area contributed by atoms with Gasteiger partial charge in [-0.05, 0) is 18.4 Å². The standard InChI is InChI=1S/C15H24N2S/c1-12-11-18-9-8-17(12)15(10-16)13(2)14-6-4-3-5-7-14/h3-7,12-13,15H,8-11,16H2,1-2H3. The van der Waals surface area contributed by atoms with Crippen LogP contribution in [0.1, 0.15) is 25.3 Å². The molecule has 0 radical (unpaired) electrons. The minimum Gasteiger partial charge on any atom is -0.329 e. The highest BCUT2D eigenvalue weighted by Gasteiger charge is 2.29. The zero-order valence-electron chi connectivity index (χ0n) is 11.4. The zero-order valence-corrected chi connectivity index (χ0v) is 12.2. The van der Waals surface area contributed by atoms with Crippen LogP contribution in [0, 0.1) is 0 Å². The van der Waals surface area contributed by atoms with Gasteiger partial charge in [0.25, 0.3) is 0 Å². The average molecular weight is 264 g/mol. The second kappa shape index (κ2) is 6.60. The van der Waals surface area contributed by atoms with Gasteiger partial charge in [-0.25, -0.2) is 0 Å². The number of nitrogens with two attached hydrogens (primary N) is 1. The Morgan fingerprint density at radius 3 is 2.72 bits per heavy atom. The topological polar surface area (TPSA) is 29.3 Å². The van der Waals surface area contributed by atoms with Crippen molar-refractivity contribution in [3.63, 3.8) is 0 Å². The third kappa shape index (κ3) is 3.08. The maximum Gasteiger partial charge on any atom is 0.0287 e. The number of nitrogens with zero attached hydrogens (tertiary/aromatic N) is 1. The highest BCUT2D eigenvalue weighted by molar-refractivity contribution is 7.99. The van der Waals surface area contributed by atoms with Gasteiger partial charge in [-0.15, -0.1) is 0 Å². The summed E-state index contributed by atoms with van der Waals surface area (Å²) >= 11 is 2.06. The van der Waals surface area contributed by atoms with Gasteiger partial charge in [0.05, 0.1) is 0 Å². The fourth-order valence-electron chi connectivity index (χ4n) is 2.84. The Balaban J connectivity index is 2.12. The summed E-state index contributed by atoms with van der Waals surface area (Å²) in [6.45, 7) is 6.55. The summed E-state index contributed by atoms with van der Waals surface area (Å²) < 4.78 is 0. The second-order valence-electron chi connectivity index (χ2n) is 5.16. The van der Waals surface area contributed by atoms with Crippen LogP contribution in [0.15, 0.2) is 30.3 Å². The average Bonchev–Trinajstić information content (AvgIpc) is 2.42. The van der Waals surface area contributed by atoms with Crippen LogP contribution in [0.5, 0.6) is 0 Å². The van der Waals surface area contributed by atoms with E-state index in [4.69, 9.17) is 5.73 Å². The maximum atomic E-state index is 6.06. The van der Waals surface area contributed by atoms with Crippen molar-refractivity contribution in [2.45, 2.75) is 31.8 Å². The molecule has 1 heterocycles. The summed E-state index contributed by atoms with van der Waals surface area (Å²) in [6, 6.07) is 11.9. The first kappa shape index (κ1) is 13.9. The van der Waals surface area contributed by atoms with Crippen LogP contribution < -0.4 is 5.73 Å². The van der Waals surface area contributed by atoms with Crippen LogP contribution in [-0.4, -0.2) is 41.6 Å². The lowest BCUT2D eigenvalue weighted by Gasteiger charge is -2.41. The highest BCUT2D eigenvalue weighted by Crippen LogP contribution is 2.27. The van der Waals surface area contributed by atoms with Gasteiger partial charge in [0.15, 0.2) is 0 Å². The normalized spacial score (nSPS) is 24.7. The van der Waals surface area contributed by atoms with E-state index in [1.54, 1.807) is 0 Å². The predicted octanol–water partition coefficient (Wildman–Crippen LogP) is 2.55. The Morgan fingerprint density at radius 2 is 2.11 bits per heavy atom. The largest absolute Gasteiger partial charge is 0.329 e. The van der Waals surface area contributed by atoms with Crippen molar-refractivity contribution in [3.05, 3.63) is 35.9 Å². The highest BCUT2D eigenvalue weighted by atomic mass is 32.2. The summed E-state index contributed by atoms with van der Waals surface area (Å²) in [7, 11) is 0. The van der Waals surface area contributed by atoms with E-state index in [2.05, 4.69) is 60.8 Å². The molecule has 1 aromatic carbocycles. The summed E-state index contributed by atoms with van der Waals surface area (Å²) in [5, 5.41) is 0. The maximum absolute atomic E-state index is 6.06. The predicted molar refractivity (Wildman–Crippen MR) is 81.2 cm³/mol. The third-order valence-corrected chi connectivity index (χ3v) is 5.18. The van der Waals surface area contributed by atoms with E-state index in [1.807, 2.05) is 0 Å². The monoisotopic (exact) mass is 264 g/mol. The van der Waals surface area contributed by atoms with Gasteiger partial charge in [-0.1, -0.05) is 37.3 Å². The van der Waals surface area contributed by atoms with Crippen molar-refractivity contribution in [1.29, 1.82) is 0 Å². The molecule has 0 aromatic heterocycles. The molecule has 2 rings (SSSR count). The molecule has 100 valence electrons. The van der Waals surface area contributed by atoms with Crippen molar-refractivity contribution < 1.29 is 0 Å². The van der Waals surface area contributed by atoms with Gasteiger partial charge in [0.2, 0.25) is 0 Å². The van der Waals surface area contributed by atoms with Crippen LogP contribution in [-0.2, 0) is 0 Å². The SMILES string of the molecule is CC(c1ccccc1)C(CN)N1CCSCC1C. The molecule has 0 amide bonds. The van der Waals surface area contributed by atoms with Crippen molar-refractivity contribution in [1.82, 2.24) is 4.90 Å². The summed E-state index contributed by atoms with van der Waals surface area (Å²) in [6.07, 6.45) is 0. The molecule has 1 aliphatic heterocycles. The van der Waals surface area contributed by atoms with Gasteiger partial charge in [0.1, 0.15) is 0 Å². The van der Waals surface area contributed by atoms with Crippen molar-refractivity contribution in [3.8, 4) is 0 Å². The van der Waals surface area contributed by atoms with Crippen molar-refractivity contribution >= 4 is 11.8 Å². The molecule has 18 heavy (non-hydrogen) atoms. The quantitative estimate of drug-likeness (QED) is 0.906. The van der Waals surface area contributed by atoms with E-state index in [-0.39, 0.29) is 0 Å². The fourth-order valence-corrected chi connectivity index (χ4v) is 3.88. The molecule has 0 saturated carbocycles. The lowest BCUT2D eigenvalue weighted by atomic mass is 9.91. The molecule has 2 nitrogen and oxygen atoms in total. The molecule has 0 aliphatic carbocycles. The number of hydrogen-bond donors (Lipinski definition) is 1. The molecule has 1 aliphatic rings. The first-order valence-electron chi connectivity index (χ1n) is 6.82. The van der Waals surface area contributed by atoms with Gasteiger partial charge < -0.3 is 5.73 Å². The summed E-state index contributed by atoms with van der Waals surface area (Å²) in [5.41, 5.74) is 7.46. The Labute approximate surface area is 115 Å². The van der Waals surface area contributed by atoms with Crippen LogP contribution in [0.3, 0.4) is 0 Å². The summed E-state index contributed by atoms with van der Waals surface area (Å²) in [5.74, 6) is 2.97. The number of rotatable bonds is 4. The van der Waals surface area contributed by atoms with Gasteiger partial charge in [0, 0.05) is 36.7 Å². The number of hydrogen-bond acceptors (Lipinski definition) is 3. The molecule has 1 saturated heterocycles. The smallest absolute Gasteiger partial charge is 0.0287 e. The van der Waals surface area contributed by atoms with E-state index in [0.717, 1.165) is 6.54 Å². The van der Waals surface area contributed by atoms with E-state index >= 15 is 0 Å².